The molecular weight excluding hydrogens is 230 g/mol. The van der Waals surface area contributed by atoms with Crippen LogP contribution in [0.15, 0.2) is 36.4 Å². The molecule has 2 nitrogen and oxygen atoms in total. The number of fused-ring (bicyclic) bond motifs is 2. The molecule has 17 heavy (non-hydrogen) atoms. The van der Waals surface area contributed by atoms with E-state index in [4.69, 9.17) is 0 Å². The van der Waals surface area contributed by atoms with Gasteiger partial charge in [-0.15, -0.1) is 0 Å². The molecule has 2 saturated heterocycles. The minimum absolute atomic E-state index is 0.168. The fraction of sp³-hybridized carbons (Fsp3) is 0.357. The van der Waals surface area contributed by atoms with Crippen molar-refractivity contribution in [1.29, 1.82) is 0 Å². The number of carbonyl (C=O) groups excluding carboxylic acids is 1. The number of hydrogen-bond donors (Lipinski definition) is 0. The van der Waals surface area contributed by atoms with E-state index in [-0.39, 0.29) is 5.91 Å². The molecule has 2 unspecified atom stereocenters. The first-order valence-electron chi connectivity index (χ1n) is 5.98. The highest BCUT2D eigenvalue weighted by atomic mass is 32.2. The molecule has 0 aromatic heterocycles. The summed E-state index contributed by atoms with van der Waals surface area (Å²) in [6.45, 7) is 0.938. The second-order valence-corrected chi connectivity index (χ2v) is 5.91. The van der Waals surface area contributed by atoms with Gasteiger partial charge in [-0.1, -0.05) is 30.3 Å². The van der Waals surface area contributed by atoms with Gasteiger partial charge in [-0.3, -0.25) is 4.79 Å². The number of rotatable bonds is 2. The summed E-state index contributed by atoms with van der Waals surface area (Å²) < 4.78 is 0. The fourth-order valence-electron chi connectivity index (χ4n) is 2.50. The topological polar surface area (TPSA) is 20.3 Å². The Morgan fingerprint density at radius 1 is 1.35 bits per heavy atom. The molecule has 2 fully saturated rings. The van der Waals surface area contributed by atoms with E-state index >= 15 is 0 Å². The molecule has 2 atom stereocenters. The number of likely N-dealkylation sites (tertiary alicyclic amines) is 1. The van der Waals surface area contributed by atoms with Gasteiger partial charge in [0.05, 0.1) is 0 Å². The molecule has 0 saturated carbocycles. The van der Waals surface area contributed by atoms with E-state index in [9.17, 15) is 4.79 Å². The maximum absolute atomic E-state index is 12.0. The Morgan fingerprint density at radius 2 is 2.18 bits per heavy atom. The van der Waals surface area contributed by atoms with Crippen LogP contribution in [0.25, 0.3) is 6.08 Å². The zero-order chi connectivity index (χ0) is 11.7. The number of nitrogens with zero attached hydrogens (tertiary/aromatic N) is 1. The zero-order valence-electron chi connectivity index (χ0n) is 9.58. The minimum Gasteiger partial charge on any atom is -0.334 e. The lowest BCUT2D eigenvalue weighted by molar-refractivity contribution is -0.126. The minimum atomic E-state index is 0.168. The predicted octanol–water partition coefficient (Wildman–Crippen LogP) is 2.42. The van der Waals surface area contributed by atoms with Crippen molar-refractivity contribution in [2.45, 2.75) is 17.7 Å². The second-order valence-electron chi connectivity index (χ2n) is 4.58. The Kier molecular flexibility index (Phi) is 2.93. The standard InChI is InChI=1S/C14H15NOS/c16-14(7-6-11-4-2-1-3-5-11)15-9-13-8-12(15)10-17-13/h1-7,12-13H,8-10H2/b7-6+. The van der Waals surface area contributed by atoms with Gasteiger partial charge >= 0.3 is 0 Å². The van der Waals surface area contributed by atoms with Crippen molar-refractivity contribution in [3.05, 3.63) is 42.0 Å². The Balaban J connectivity index is 1.66. The number of benzene rings is 1. The number of carbonyl (C=O) groups is 1. The molecule has 0 spiro atoms. The molecular formula is C14H15NOS. The van der Waals surface area contributed by atoms with Crippen LogP contribution >= 0.6 is 11.8 Å². The molecule has 3 rings (SSSR count). The summed E-state index contributed by atoms with van der Waals surface area (Å²) in [7, 11) is 0. The average molecular weight is 245 g/mol. The molecule has 2 bridgehead atoms. The van der Waals surface area contributed by atoms with E-state index in [2.05, 4.69) is 0 Å². The Morgan fingerprint density at radius 3 is 2.82 bits per heavy atom. The van der Waals surface area contributed by atoms with Crippen LogP contribution in [0, 0.1) is 0 Å². The third-order valence-electron chi connectivity index (χ3n) is 3.40. The van der Waals surface area contributed by atoms with Crippen molar-refractivity contribution in [2.75, 3.05) is 12.3 Å². The zero-order valence-corrected chi connectivity index (χ0v) is 10.4. The molecule has 0 N–H and O–H groups in total. The highest BCUT2D eigenvalue weighted by molar-refractivity contribution is 8.00. The fourth-order valence-corrected chi connectivity index (χ4v) is 3.93. The van der Waals surface area contributed by atoms with Crippen LogP contribution in [0.1, 0.15) is 12.0 Å². The van der Waals surface area contributed by atoms with E-state index < -0.39 is 0 Å². The van der Waals surface area contributed by atoms with E-state index in [0.29, 0.717) is 11.3 Å². The van der Waals surface area contributed by atoms with Gasteiger partial charge in [-0.05, 0) is 18.1 Å². The molecule has 3 heteroatoms. The van der Waals surface area contributed by atoms with Crippen LogP contribution in [-0.2, 0) is 4.79 Å². The van der Waals surface area contributed by atoms with Crippen molar-refractivity contribution in [3.8, 4) is 0 Å². The molecule has 1 amide bonds. The molecule has 2 heterocycles. The van der Waals surface area contributed by atoms with Crippen molar-refractivity contribution in [2.24, 2.45) is 0 Å². The van der Waals surface area contributed by atoms with Gasteiger partial charge in [0.25, 0.3) is 0 Å². The van der Waals surface area contributed by atoms with Crippen LogP contribution in [0.4, 0.5) is 0 Å². The van der Waals surface area contributed by atoms with Crippen molar-refractivity contribution in [1.82, 2.24) is 4.90 Å². The van der Waals surface area contributed by atoms with Crippen molar-refractivity contribution >= 4 is 23.7 Å². The lowest BCUT2D eigenvalue weighted by atomic mass is 10.2. The monoisotopic (exact) mass is 245 g/mol. The highest BCUT2D eigenvalue weighted by Crippen LogP contribution is 2.37. The largest absolute Gasteiger partial charge is 0.334 e. The molecule has 1 aromatic carbocycles. The molecule has 2 aliphatic heterocycles. The summed E-state index contributed by atoms with van der Waals surface area (Å²) in [6.07, 6.45) is 4.80. The summed E-state index contributed by atoms with van der Waals surface area (Å²) in [5.74, 6) is 1.29. The van der Waals surface area contributed by atoms with Crippen LogP contribution in [0.3, 0.4) is 0 Å². The average Bonchev–Trinajstić information content (AvgIpc) is 2.99. The maximum atomic E-state index is 12.0. The highest BCUT2D eigenvalue weighted by Gasteiger charge is 2.40. The normalized spacial score (nSPS) is 26.9. The van der Waals surface area contributed by atoms with Gasteiger partial charge in [0.1, 0.15) is 0 Å². The van der Waals surface area contributed by atoms with Gasteiger partial charge in [0.2, 0.25) is 5.91 Å². The second kappa shape index (κ2) is 4.57. The van der Waals surface area contributed by atoms with Crippen molar-refractivity contribution < 1.29 is 4.79 Å². The maximum Gasteiger partial charge on any atom is 0.246 e. The first kappa shape index (κ1) is 10.9. The molecule has 0 radical (unpaired) electrons. The first-order chi connectivity index (χ1) is 8.33. The Hall–Kier alpha value is -1.22. The van der Waals surface area contributed by atoms with E-state index in [1.54, 1.807) is 6.08 Å². The lowest BCUT2D eigenvalue weighted by Gasteiger charge is -2.25. The Bertz CT molecular complexity index is 443. The summed E-state index contributed by atoms with van der Waals surface area (Å²) in [4.78, 5) is 14.1. The van der Waals surface area contributed by atoms with E-state index in [1.165, 1.54) is 6.42 Å². The van der Waals surface area contributed by atoms with Gasteiger partial charge in [-0.2, -0.15) is 11.8 Å². The summed E-state index contributed by atoms with van der Waals surface area (Å²) in [6, 6.07) is 10.5. The first-order valence-corrected chi connectivity index (χ1v) is 7.03. The number of thioether (sulfide) groups is 1. The van der Waals surface area contributed by atoms with Crippen LogP contribution in [0.2, 0.25) is 0 Å². The van der Waals surface area contributed by atoms with Crippen LogP contribution in [0.5, 0.6) is 0 Å². The predicted molar refractivity (Wildman–Crippen MR) is 71.8 cm³/mol. The van der Waals surface area contributed by atoms with Crippen molar-refractivity contribution in [3.63, 3.8) is 0 Å². The lowest BCUT2D eigenvalue weighted by Crippen LogP contribution is -2.38. The third kappa shape index (κ3) is 2.25. The molecule has 1 aromatic rings. The van der Waals surface area contributed by atoms with Crippen LogP contribution < -0.4 is 0 Å². The molecule has 88 valence electrons. The molecule has 0 aliphatic carbocycles. The summed E-state index contributed by atoms with van der Waals surface area (Å²) in [5.41, 5.74) is 1.08. The number of hydrogen-bond acceptors (Lipinski definition) is 2. The Labute approximate surface area is 106 Å². The van der Waals surface area contributed by atoms with Gasteiger partial charge < -0.3 is 4.90 Å². The summed E-state index contributed by atoms with van der Waals surface area (Å²) >= 11 is 2.01. The quantitative estimate of drug-likeness (QED) is 0.746. The smallest absolute Gasteiger partial charge is 0.246 e. The third-order valence-corrected chi connectivity index (χ3v) is 4.79. The van der Waals surface area contributed by atoms with E-state index in [0.717, 1.165) is 17.9 Å². The molecule has 2 aliphatic rings. The van der Waals surface area contributed by atoms with Gasteiger partial charge in [0, 0.05) is 29.7 Å². The SMILES string of the molecule is O=C(/C=C/c1ccccc1)N1CC2CC1CS2. The van der Waals surface area contributed by atoms with Crippen LogP contribution in [-0.4, -0.2) is 34.4 Å². The van der Waals surface area contributed by atoms with E-state index in [1.807, 2.05) is 53.1 Å². The van der Waals surface area contributed by atoms with Gasteiger partial charge in [-0.25, -0.2) is 0 Å². The number of amides is 1. The summed E-state index contributed by atoms with van der Waals surface area (Å²) in [5, 5.41) is 0.689. The van der Waals surface area contributed by atoms with Gasteiger partial charge in [0.15, 0.2) is 0 Å².